The van der Waals surface area contributed by atoms with Gasteiger partial charge in [0.2, 0.25) is 5.95 Å². The topological polar surface area (TPSA) is 84.1 Å². The van der Waals surface area contributed by atoms with E-state index < -0.39 is 0 Å². The molecule has 6 heteroatoms. The minimum absolute atomic E-state index is 0.211. The summed E-state index contributed by atoms with van der Waals surface area (Å²) in [5, 5.41) is 13.9. The number of nitrogens with zero attached hydrogens (tertiary/aromatic N) is 2. The SMILES string of the molecule is Nc1nc(N[C@@H]2CC[C@@H](O)C2)c2ccc(Br)cc2n1. The third-order valence-corrected chi connectivity index (χ3v) is 3.92. The quantitative estimate of drug-likeness (QED) is 0.790. The molecule has 0 amide bonds. The number of nitrogens with two attached hydrogens (primary N) is 1. The van der Waals surface area contributed by atoms with E-state index in [1.807, 2.05) is 18.2 Å². The highest BCUT2D eigenvalue weighted by Crippen LogP contribution is 2.28. The van der Waals surface area contributed by atoms with Crippen LogP contribution in [0.2, 0.25) is 0 Å². The molecule has 3 rings (SSSR count). The Kier molecular flexibility index (Phi) is 3.28. The summed E-state index contributed by atoms with van der Waals surface area (Å²) in [6.45, 7) is 0. The van der Waals surface area contributed by atoms with Gasteiger partial charge in [-0.15, -0.1) is 0 Å². The Morgan fingerprint density at radius 1 is 1.32 bits per heavy atom. The lowest BCUT2D eigenvalue weighted by molar-refractivity contribution is 0.182. The number of halogens is 1. The van der Waals surface area contributed by atoms with E-state index in [1.165, 1.54) is 0 Å². The van der Waals surface area contributed by atoms with Crippen LogP contribution in [0.4, 0.5) is 11.8 Å². The molecule has 0 unspecified atom stereocenters. The average molecular weight is 323 g/mol. The minimum atomic E-state index is -0.211. The number of aliphatic hydroxyl groups excluding tert-OH is 1. The van der Waals surface area contributed by atoms with Crippen LogP contribution in [-0.2, 0) is 0 Å². The highest BCUT2D eigenvalue weighted by Gasteiger charge is 2.23. The first-order valence-corrected chi connectivity index (χ1v) is 7.08. The molecule has 1 aliphatic carbocycles. The molecule has 1 aliphatic rings. The summed E-state index contributed by atoms with van der Waals surface area (Å²) in [6.07, 6.45) is 2.32. The Labute approximate surface area is 119 Å². The molecule has 0 aliphatic heterocycles. The molecule has 2 aromatic rings. The number of hydrogen-bond donors (Lipinski definition) is 3. The first kappa shape index (κ1) is 12.6. The van der Waals surface area contributed by atoms with E-state index in [4.69, 9.17) is 5.73 Å². The van der Waals surface area contributed by atoms with Crippen molar-refractivity contribution in [3.63, 3.8) is 0 Å². The van der Waals surface area contributed by atoms with Crippen molar-refractivity contribution < 1.29 is 5.11 Å². The van der Waals surface area contributed by atoms with Gasteiger partial charge in [-0.3, -0.25) is 0 Å². The smallest absolute Gasteiger partial charge is 0.222 e. The van der Waals surface area contributed by atoms with Crippen LogP contribution >= 0.6 is 15.9 Å². The number of nitrogens with one attached hydrogen (secondary N) is 1. The molecule has 5 nitrogen and oxygen atoms in total. The van der Waals surface area contributed by atoms with Crippen molar-refractivity contribution in [2.45, 2.75) is 31.4 Å². The summed E-state index contributed by atoms with van der Waals surface area (Å²) in [7, 11) is 0. The molecule has 4 N–H and O–H groups in total. The van der Waals surface area contributed by atoms with Crippen molar-refractivity contribution in [1.29, 1.82) is 0 Å². The van der Waals surface area contributed by atoms with Crippen LogP contribution in [0.3, 0.4) is 0 Å². The van der Waals surface area contributed by atoms with Crippen LogP contribution in [0, 0.1) is 0 Å². The number of fused-ring (bicyclic) bond motifs is 1. The zero-order valence-corrected chi connectivity index (χ0v) is 11.9. The summed E-state index contributed by atoms with van der Waals surface area (Å²) in [6, 6.07) is 6.08. The van der Waals surface area contributed by atoms with E-state index >= 15 is 0 Å². The van der Waals surface area contributed by atoms with Gasteiger partial charge in [-0.05, 0) is 37.5 Å². The number of aliphatic hydroxyl groups is 1. The fourth-order valence-corrected chi connectivity index (χ4v) is 2.86. The second-order valence-corrected chi connectivity index (χ2v) is 5.82. The molecule has 19 heavy (non-hydrogen) atoms. The van der Waals surface area contributed by atoms with Gasteiger partial charge < -0.3 is 16.2 Å². The molecular formula is C13H15BrN4O. The zero-order valence-electron chi connectivity index (χ0n) is 10.3. The van der Waals surface area contributed by atoms with Gasteiger partial charge >= 0.3 is 0 Å². The van der Waals surface area contributed by atoms with E-state index in [0.29, 0.717) is 0 Å². The van der Waals surface area contributed by atoms with Gasteiger partial charge in [0.15, 0.2) is 0 Å². The van der Waals surface area contributed by atoms with E-state index in [1.54, 1.807) is 0 Å². The van der Waals surface area contributed by atoms with Crippen molar-refractivity contribution in [3.8, 4) is 0 Å². The number of benzene rings is 1. The Morgan fingerprint density at radius 2 is 2.16 bits per heavy atom. The fraction of sp³-hybridized carbons (Fsp3) is 0.385. The molecule has 2 atom stereocenters. The molecule has 0 radical (unpaired) electrons. The van der Waals surface area contributed by atoms with Gasteiger partial charge in [0, 0.05) is 15.9 Å². The maximum atomic E-state index is 9.58. The van der Waals surface area contributed by atoms with Crippen LogP contribution in [0.5, 0.6) is 0 Å². The average Bonchev–Trinajstić information content (AvgIpc) is 2.74. The number of nitrogen functional groups attached to an aromatic ring is 1. The number of aromatic nitrogens is 2. The molecule has 0 spiro atoms. The second kappa shape index (κ2) is 4.94. The van der Waals surface area contributed by atoms with Crippen molar-refractivity contribution in [1.82, 2.24) is 9.97 Å². The van der Waals surface area contributed by atoms with E-state index in [-0.39, 0.29) is 18.1 Å². The summed E-state index contributed by atoms with van der Waals surface area (Å²) in [5.74, 6) is 1.00. The first-order chi connectivity index (χ1) is 9.11. The number of rotatable bonds is 2. The monoisotopic (exact) mass is 322 g/mol. The molecular weight excluding hydrogens is 308 g/mol. The van der Waals surface area contributed by atoms with E-state index in [2.05, 4.69) is 31.2 Å². The lowest BCUT2D eigenvalue weighted by atomic mass is 10.2. The Bertz CT molecular complexity index is 614. The number of anilines is 2. The first-order valence-electron chi connectivity index (χ1n) is 6.29. The van der Waals surface area contributed by atoms with E-state index in [0.717, 1.165) is 40.5 Å². The normalized spacial score (nSPS) is 22.8. The largest absolute Gasteiger partial charge is 0.393 e. The van der Waals surface area contributed by atoms with Crippen molar-refractivity contribution in [2.75, 3.05) is 11.1 Å². The van der Waals surface area contributed by atoms with Gasteiger partial charge in [0.25, 0.3) is 0 Å². The molecule has 1 aromatic heterocycles. The Balaban J connectivity index is 1.98. The van der Waals surface area contributed by atoms with Gasteiger partial charge in [-0.2, -0.15) is 4.98 Å². The highest BCUT2D eigenvalue weighted by atomic mass is 79.9. The van der Waals surface area contributed by atoms with Crippen LogP contribution in [-0.4, -0.2) is 27.2 Å². The van der Waals surface area contributed by atoms with Gasteiger partial charge in [0.1, 0.15) is 5.82 Å². The fourth-order valence-electron chi connectivity index (χ4n) is 2.51. The van der Waals surface area contributed by atoms with Crippen LogP contribution < -0.4 is 11.1 Å². The van der Waals surface area contributed by atoms with Crippen molar-refractivity contribution >= 4 is 38.6 Å². The lowest BCUT2D eigenvalue weighted by Gasteiger charge is -2.15. The molecule has 1 aromatic carbocycles. The van der Waals surface area contributed by atoms with Crippen molar-refractivity contribution in [2.24, 2.45) is 0 Å². The van der Waals surface area contributed by atoms with Crippen LogP contribution in [0.15, 0.2) is 22.7 Å². The third-order valence-electron chi connectivity index (χ3n) is 3.42. The zero-order chi connectivity index (χ0) is 13.4. The molecule has 1 heterocycles. The second-order valence-electron chi connectivity index (χ2n) is 4.90. The maximum absolute atomic E-state index is 9.58. The molecule has 0 bridgehead atoms. The minimum Gasteiger partial charge on any atom is -0.393 e. The predicted molar refractivity (Wildman–Crippen MR) is 78.9 cm³/mol. The standard InChI is InChI=1S/C13H15BrN4O/c14-7-1-4-10-11(5-7)17-13(15)18-12(10)16-8-2-3-9(19)6-8/h1,4-5,8-9,19H,2-3,6H2,(H3,15,16,17,18)/t8-,9-/m1/s1. The molecule has 1 fully saturated rings. The lowest BCUT2D eigenvalue weighted by Crippen LogP contribution is -2.18. The van der Waals surface area contributed by atoms with Gasteiger partial charge in [0.05, 0.1) is 11.6 Å². The summed E-state index contributed by atoms with van der Waals surface area (Å²) < 4.78 is 0.959. The van der Waals surface area contributed by atoms with E-state index in [9.17, 15) is 5.11 Å². The molecule has 100 valence electrons. The summed E-state index contributed by atoms with van der Waals surface area (Å²) in [5.41, 5.74) is 6.56. The highest BCUT2D eigenvalue weighted by molar-refractivity contribution is 9.10. The van der Waals surface area contributed by atoms with Crippen molar-refractivity contribution in [3.05, 3.63) is 22.7 Å². The maximum Gasteiger partial charge on any atom is 0.222 e. The van der Waals surface area contributed by atoms with Gasteiger partial charge in [-0.25, -0.2) is 4.98 Å². The van der Waals surface area contributed by atoms with Crippen LogP contribution in [0.25, 0.3) is 10.9 Å². The predicted octanol–water partition coefficient (Wildman–Crippen LogP) is 2.30. The summed E-state index contributed by atoms with van der Waals surface area (Å²) >= 11 is 3.42. The molecule has 1 saturated carbocycles. The third kappa shape index (κ3) is 2.64. The summed E-state index contributed by atoms with van der Waals surface area (Å²) in [4.78, 5) is 8.51. The number of hydrogen-bond acceptors (Lipinski definition) is 5. The molecule has 0 saturated heterocycles. The van der Waals surface area contributed by atoms with Gasteiger partial charge in [-0.1, -0.05) is 15.9 Å². The van der Waals surface area contributed by atoms with Crippen LogP contribution in [0.1, 0.15) is 19.3 Å². The Hall–Kier alpha value is -1.40. The Morgan fingerprint density at radius 3 is 2.89 bits per heavy atom.